The fraction of sp³-hybridized carbons (Fsp3) is 0.192. The van der Waals surface area contributed by atoms with Crippen molar-refractivity contribution in [3.05, 3.63) is 88.7 Å². The Morgan fingerprint density at radius 3 is 2.72 bits per heavy atom. The van der Waals surface area contributed by atoms with Gasteiger partial charge in [-0.15, -0.1) is 11.3 Å². The van der Waals surface area contributed by atoms with Gasteiger partial charge in [0, 0.05) is 32.9 Å². The maximum absolute atomic E-state index is 13.9. The Morgan fingerprint density at radius 2 is 1.81 bits per heavy atom. The average Bonchev–Trinajstić information content (AvgIpc) is 3.44. The van der Waals surface area contributed by atoms with Crippen molar-refractivity contribution in [1.29, 1.82) is 0 Å². The van der Waals surface area contributed by atoms with E-state index in [1.807, 2.05) is 60.8 Å². The second kappa shape index (κ2) is 8.19. The van der Waals surface area contributed by atoms with Crippen LogP contribution in [0.25, 0.3) is 21.1 Å². The summed E-state index contributed by atoms with van der Waals surface area (Å²) in [4.78, 5) is 28.9. The average molecular weight is 456 g/mol. The summed E-state index contributed by atoms with van der Waals surface area (Å²) in [5.74, 6) is 0.0921. The number of ketones is 1. The molecular weight excluding hydrogens is 434 g/mol. The van der Waals surface area contributed by atoms with Crippen LogP contribution in [-0.2, 0) is 12.8 Å². The van der Waals surface area contributed by atoms with Crippen LogP contribution < -0.4 is 0 Å². The first kappa shape index (κ1) is 19.7. The third-order valence-corrected chi connectivity index (χ3v) is 8.60. The normalized spacial score (nSPS) is 14.5. The number of aryl methyl sites for hydroxylation is 2. The second-order valence-corrected chi connectivity index (χ2v) is 10.3. The third-order valence-electron chi connectivity index (χ3n) is 6.14. The lowest BCUT2D eigenvalue weighted by atomic mass is 9.97. The van der Waals surface area contributed by atoms with Crippen LogP contribution in [0, 0.1) is 0 Å². The number of hydrogen-bond acceptors (Lipinski definition) is 5. The second-order valence-electron chi connectivity index (χ2n) is 8.09. The molecule has 32 heavy (non-hydrogen) atoms. The van der Waals surface area contributed by atoms with Gasteiger partial charge in [0.1, 0.15) is 16.2 Å². The number of aromatic nitrogens is 3. The molecule has 1 aliphatic carbocycles. The molecule has 3 heterocycles. The zero-order valence-electron chi connectivity index (χ0n) is 17.4. The van der Waals surface area contributed by atoms with E-state index in [-0.39, 0.29) is 11.0 Å². The minimum absolute atomic E-state index is 0.0921. The van der Waals surface area contributed by atoms with E-state index < -0.39 is 0 Å². The molecule has 5 aromatic rings. The highest BCUT2D eigenvalue weighted by Gasteiger charge is 2.28. The van der Waals surface area contributed by atoms with E-state index >= 15 is 0 Å². The Labute approximate surface area is 194 Å². The summed E-state index contributed by atoms with van der Waals surface area (Å²) in [6.07, 6.45) is 8.12. The lowest BCUT2D eigenvalue weighted by molar-refractivity contribution is 0.0991. The Kier molecular flexibility index (Phi) is 5.04. The summed E-state index contributed by atoms with van der Waals surface area (Å²) in [5.41, 5.74) is 4.08. The molecule has 0 bridgehead atoms. The molecule has 1 atom stereocenters. The van der Waals surface area contributed by atoms with Gasteiger partial charge in [0.15, 0.2) is 5.78 Å². The number of carbonyl (C=O) groups is 1. The maximum Gasteiger partial charge on any atom is 0.182 e. The standard InChI is InChI=1S/C26H21N3OS2/c30-23(19-14-27-20-12-6-4-10-17(19)20)24(16-8-2-1-3-9-16)32-26-22-18-11-5-7-13-21(18)31-25(22)28-15-29-26/h1-4,6,8-10,12,14-15,24,27H,5,7,11,13H2. The highest BCUT2D eigenvalue weighted by atomic mass is 32.2. The van der Waals surface area contributed by atoms with Gasteiger partial charge in [0.2, 0.25) is 0 Å². The van der Waals surface area contributed by atoms with Crippen molar-refractivity contribution in [2.45, 2.75) is 36.0 Å². The monoisotopic (exact) mass is 455 g/mol. The van der Waals surface area contributed by atoms with E-state index in [1.54, 1.807) is 29.4 Å². The molecule has 4 nitrogen and oxygen atoms in total. The van der Waals surface area contributed by atoms with Crippen LogP contribution in [0.2, 0.25) is 0 Å². The van der Waals surface area contributed by atoms with E-state index in [0.29, 0.717) is 0 Å². The fourth-order valence-corrected chi connectivity index (χ4v) is 7.07. The van der Waals surface area contributed by atoms with Gasteiger partial charge in [0.25, 0.3) is 0 Å². The highest BCUT2D eigenvalue weighted by molar-refractivity contribution is 8.00. The molecule has 0 radical (unpaired) electrons. The number of rotatable bonds is 5. The molecule has 0 saturated carbocycles. The van der Waals surface area contributed by atoms with Crippen molar-refractivity contribution in [1.82, 2.24) is 15.0 Å². The van der Waals surface area contributed by atoms with E-state index in [1.165, 1.54) is 23.3 Å². The van der Waals surface area contributed by atoms with Crippen molar-refractivity contribution in [2.24, 2.45) is 0 Å². The summed E-state index contributed by atoms with van der Waals surface area (Å²) >= 11 is 3.35. The number of nitrogens with one attached hydrogen (secondary N) is 1. The van der Waals surface area contributed by atoms with E-state index in [2.05, 4.69) is 15.0 Å². The van der Waals surface area contributed by atoms with Crippen molar-refractivity contribution in [3.63, 3.8) is 0 Å². The number of Topliss-reactive ketones (excluding diaryl/α,β-unsaturated/α-hetero) is 1. The minimum Gasteiger partial charge on any atom is -0.360 e. The summed E-state index contributed by atoms with van der Waals surface area (Å²) in [5, 5.41) is 2.65. The number of thioether (sulfide) groups is 1. The van der Waals surface area contributed by atoms with Crippen LogP contribution in [0.5, 0.6) is 0 Å². The molecule has 0 saturated heterocycles. The van der Waals surface area contributed by atoms with Crippen molar-refractivity contribution >= 4 is 50.0 Å². The lowest BCUT2D eigenvalue weighted by Crippen LogP contribution is -2.10. The molecule has 1 unspecified atom stereocenters. The van der Waals surface area contributed by atoms with Crippen LogP contribution in [0.1, 0.15) is 44.5 Å². The zero-order chi connectivity index (χ0) is 21.5. The Bertz CT molecular complexity index is 1440. The quantitative estimate of drug-likeness (QED) is 0.180. The Morgan fingerprint density at radius 1 is 1.00 bits per heavy atom. The molecule has 2 aromatic carbocycles. The molecule has 6 heteroatoms. The summed E-state index contributed by atoms with van der Waals surface area (Å²) in [6, 6.07) is 18.0. The number of hydrogen-bond donors (Lipinski definition) is 1. The topological polar surface area (TPSA) is 58.6 Å². The van der Waals surface area contributed by atoms with E-state index in [4.69, 9.17) is 0 Å². The van der Waals surface area contributed by atoms with Crippen LogP contribution in [0.3, 0.4) is 0 Å². The fourth-order valence-electron chi connectivity index (χ4n) is 4.58. The molecule has 1 aliphatic rings. The van der Waals surface area contributed by atoms with Gasteiger partial charge in [-0.25, -0.2) is 9.97 Å². The Balaban J connectivity index is 1.47. The van der Waals surface area contributed by atoms with E-state index in [9.17, 15) is 4.79 Å². The minimum atomic E-state index is -0.382. The SMILES string of the molecule is O=C(c1c[nH]c2ccccc12)C(Sc1ncnc2sc3c(c12)CCCC3)c1ccccc1. The number of H-pyrrole nitrogens is 1. The molecule has 0 spiro atoms. The summed E-state index contributed by atoms with van der Waals surface area (Å²) in [6.45, 7) is 0. The third kappa shape index (κ3) is 3.34. The number of nitrogens with zero attached hydrogens (tertiary/aromatic N) is 2. The van der Waals surface area contributed by atoms with Crippen molar-refractivity contribution in [2.75, 3.05) is 0 Å². The molecule has 6 rings (SSSR count). The Hall–Kier alpha value is -2.96. The molecular formula is C26H21N3OS2. The summed E-state index contributed by atoms with van der Waals surface area (Å²) in [7, 11) is 0. The molecule has 158 valence electrons. The molecule has 0 amide bonds. The number of fused-ring (bicyclic) bond motifs is 4. The van der Waals surface area contributed by atoms with Crippen LogP contribution >= 0.6 is 23.1 Å². The van der Waals surface area contributed by atoms with Gasteiger partial charge < -0.3 is 4.98 Å². The van der Waals surface area contributed by atoms with Crippen molar-refractivity contribution in [3.8, 4) is 0 Å². The number of para-hydroxylation sites is 1. The maximum atomic E-state index is 13.9. The van der Waals surface area contributed by atoms with Gasteiger partial charge >= 0.3 is 0 Å². The molecule has 3 aromatic heterocycles. The van der Waals surface area contributed by atoms with Gasteiger partial charge in [-0.3, -0.25) is 4.79 Å². The first-order valence-corrected chi connectivity index (χ1v) is 12.6. The lowest BCUT2D eigenvalue weighted by Gasteiger charge is -2.17. The zero-order valence-corrected chi connectivity index (χ0v) is 19.0. The van der Waals surface area contributed by atoms with Gasteiger partial charge in [-0.05, 0) is 42.9 Å². The first-order valence-electron chi connectivity index (χ1n) is 10.9. The van der Waals surface area contributed by atoms with Crippen molar-refractivity contribution < 1.29 is 4.79 Å². The molecule has 0 aliphatic heterocycles. The number of thiophene rings is 1. The predicted molar refractivity (Wildman–Crippen MR) is 132 cm³/mol. The first-order chi connectivity index (χ1) is 15.8. The van der Waals surface area contributed by atoms with Gasteiger partial charge in [-0.1, -0.05) is 60.3 Å². The van der Waals surface area contributed by atoms with Crippen LogP contribution in [0.4, 0.5) is 0 Å². The largest absolute Gasteiger partial charge is 0.360 e. The number of carbonyl (C=O) groups excluding carboxylic acids is 1. The molecule has 0 fully saturated rings. The van der Waals surface area contributed by atoms with Crippen LogP contribution in [-0.4, -0.2) is 20.7 Å². The van der Waals surface area contributed by atoms with E-state index in [0.717, 1.165) is 50.1 Å². The molecule has 1 N–H and O–H groups in total. The summed E-state index contributed by atoms with van der Waals surface area (Å²) < 4.78 is 0. The number of benzene rings is 2. The highest BCUT2D eigenvalue weighted by Crippen LogP contribution is 2.44. The number of aromatic amines is 1. The predicted octanol–water partition coefficient (Wildman–Crippen LogP) is 6.77. The van der Waals surface area contributed by atoms with Crippen LogP contribution in [0.15, 0.2) is 72.1 Å². The van der Waals surface area contributed by atoms with Gasteiger partial charge in [0.05, 0.1) is 5.25 Å². The smallest absolute Gasteiger partial charge is 0.182 e. The van der Waals surface area contributed by atoms with Gasteiger partial charge in [-0.2, -0.15) is 0 Å².